The quantitative estimate of drug-likeness (QED) is 0.0875. The zero-order chi connectivity index (χ0) is 38.2. The van der Waals surface area contributed by atoms with Gasteiger partial charge in [-0.2, -0.15) is 0 Å². The number of carbonyl (C=O) groups is 4. The van der Waals surface area contributed by atoms with Crippen LogP contribution in [0.3, 0.4) is 0 Å². The summed E-state index contributed by atoms with van der Waals surface area (Å²) < 4.78 is 46.0. The highest BCUT2D eigenvalue weighted by atomic mass is 16.8. The van der Waals surface area contributed by atoms with Gasteiger partial charge in [0.25, 0.3) is 0 Å². The summed E-state index contributed by atoms with van der Waals surface area (Å²) in [5.74, 6) is -7.32. The summed E-state index contributed by atoms with van der Waals surface area (Å²) in [5.41, 5.74) is 0. The Balaban J connectivity index is 0.00000486. The lowest BCUT2D eigenvalue weighted by atomic mass is 9.95. The molecule has 0 aromatic carbocycles. The summed E-state index contributed by atoms with van der Waals surface area (Å²) in [6.07, 6.45) is -43.0. The van der Waals surface area contributed by atoms with E-state index in [0.29, 0.717) is 0 Å². The number of hydrogen-bond donors (Lipinski definition) is 12. The van der Waals surface area contributed by atoms with Crippen molar-refractivity contribution in [2.24, 2.45) is 0 Å². The molecule has 25 nitrogen and oxygen atoms in total. The first kappa shape index (κ1) is 46.4. The summed E-state index contributed by atoms with van der Waals surface area (Å²) in [6.45, 7) is 0. The van der Waals surface area contributed by atoms with E-state index >= 15 is 0 Å². The third-order valence-electron chi connectivity index (χ3n) is 8.53. The van der Waals surface area contributed by atoms with Crippen LogP contribution in [0.25, 0.3) is 0 Å². The zero-order valence-corrected chi connectivity index (χ0v) is 26.2. The molecule has 20 atom stereocenters. The second-order valence-corrected chi connectivity index (χ2v) is 11.7. The highest BCUT2D eigenvalue weighted by Crippen LogP contribution is 2.35. The van der Waals surface area contributed by atoms with Gasteiger partial charge in [-0.3, -0.25) is 0 Å². The molecule has 4 aliphatic rings. The van der Waals surface area contributed by atoms with Crippen molar-refractivity contribution in [3.63, 3.8) is 0 Å². The third-order valence-corrected chi connectivity index (χ3v) is 8.53. The number of aliphatic hydroxyl groups is 8. The fourth-order valence-corrected chi connectivity index (χ4v) is 5.86. The molecule has 4 fully saturated rings. The van der Waals surface area contributed by atoms with Crippen LogP contribution >= 0.6 is 0 Å². The predicted molar refractivity (Wildman–Crippen MR) is 159 cm³/mol. The Bertz CT molecular complexity index is 1250. The lowest BCUT2D eigenvalue weighted by Crippen LogP contribution is -2.68. The Morgan fingerprint density at radius 3 is 0.849 bits per heavy atom. The highest BCUT2D eigenvalue weighted by Gasteiger charge is 2.58. The molecule has 9 unspecified atom stereocenters. The van der Waals surface area contributed by atoms with Crippen LogP contribution in [0.4, 0.5) is 0 Å². The van der Waals surface area contributed by atoms with Gasteiger partial charge < -0.3 is 104 Å². The first-order valence-corrected chi connectivity index (χ1v) is 14.9. The number of hydrogen-bond acceptors (Lipinski definition) is 21. The minimum absolute atomic E-state index is 0. The molecule has 0 amide bonds. The average molecular weight is 783 g/mol. The molecule has 0 saturated carbocycles. The first-order valence-electron chi connectivity index (χ1n) is 14.9. The molecule has 4 rings (SSSR count). The summed E-state index contributed by atoms with van der Waals surface area (Å²) >= 11 is 0. The van der Waals surface area contributed by atoms with Gasteiger partial charge >= 0.3 is 23.9 Å². The minimum Gasteiger partial charge on any atom is -0.479 e. The van der Waals surface area contributed by atoms with E-state index in [1.54, 1.807) is 0 Å². The van der Waals surface area contributed by atoms with Gasteiger partial charge in [0.15, 0.2) is 49.6 Å². The third kappa shape index (κ3) is 9.19. The summed E-state index contributed by atoms with van der Waals surface area (Å²) in [7, 11) is 2.02. The van der Waals surface area contributed by atoms with Crippen molar-refractivity contribution in [3.05, 3.63) is 0 Å². The summed E-state index contributed by atoms with van der Waals surface area (Å²) in [4.78, 5) is 47.8. The molecule has 0 bridgehead atoms. The maximum atomic E-state index is 12.2. The Kier molecular flexibility index (Phi) is 16.3. The molecule has 0 aliphatic carbocycles. The Labute approximate surface area is 299 Å². The number of carboxylic acids is 4. The van der Waals surface area contributed by atoms with Crippen LogP contribution in [0.15, 0.2) is 0 Å². The van der Waals surface area contributed by atoms with Crippen LogP contribution in [0.2, 0.25) is 0 Å². The number of methoxy groups -OCH3 is 2. The van der Waals surface area contributed by atoms with Crippen molar-refractivity contribution in [3.8, 4) is 0 Å². The van der Waals surface area contributed by atoms with Gasteiger partial charge in [0.05, 0.1) is 0 Å². The number of aliphatic carboxylic acids is 4. The van der Waals surface area contributed by atoms with E-state index in [2.05, 4.69) is 0 Å². The Morgan fingerprint density at radius 2 is 0.604 bits per heavy atom. The lowest BCUT2D eigenvalue weighted by Gasteiger charge is -2.48. The second kappa shape index (κ2) is 18.7. The standard InChI is InChI=1S/C26H38O25.2CH4/c1-43-11-3(27)8(32)24(49-15(11)19(35)36)46-13-5(29)10(34)26(51-17(13)21(39)40)47-14-6(30)9(33)25(50-18(14)22(41)42)45-12-4(28)7(31)23(44-2)48-16(12)20(37)38;;/h3-18,23-34H,1-2H3,(H,35,36)(H,37,38)(H,39,40)(H,41,42);2*1H4/t3-,4?,5?,6+,7?,8?,9?,10?,11-,12-,13-,14-,15?,16+,17?,18?,23+,24+,25+,26+;;/m0../s1. The van der Waals surface area contributed by atoms with Crippen molar-refractivity contribution in [2.45, 2.75) is 138 Å². The van der Waals surface area contributed by atoms with Crippen molar-refractivity contribution < 1.29 is 123 Å². The van der Waals surface area contributed by atoms with E-state index in [9.17, 15) is 80.5 Å². The number of rotatable bonds is 12. The van der Waals surface area contributed by atoms with Crippen LogP contribution in [0.1, 0.15) is 14.9 Å². The number of aliphatic hydroxyl groups excluding tert-OH is 8. The molecule has 0 spiro atoms. The lowest BCUT2D eigenvalue weighted by molar-refractivity contribution is -0.378. The molecule has 12 N–H and O–H groups in total. The SMILES string of the molecule is C.C.CO[C@@H]1O[C@@H](C(=O)O)[C@@H](O[C@@H]2OC(C(=O)O)[C@@H](O[C@@H]3OC(C(=O)O)[C@@H](O[C@@H]4OC(C(=O)O)[C@@H](OC)[C@@H](O)C4O)C(O)C3O)[C@H](O)C2O)C(O)C1O. The van der Waals surface area contributed by atoms with Gasteiger partial charge in [-0.1, -0.05) is 14.9 Å². The molecule has 4 heterocycles. The minimum atomic E-state index is -2.40. The summed E-state index contributed by atoms with van der Waals surface area (Å²) in [6, 6.07) is 0. The Morgan fingerprint density at radius 1 is 0.377 bits per heavy atom. The maximum absolute atomic E-state index is 12.2. The van der Waals surface area contributed by atoms with Crippen LogP contribution in [-0.4, -0.2) is 222 Å². The van der Waals surface area contributed by atoms with Gasteiger partial charge in [-0.05, 0) is 0 Å². The van der Waals surface area contributed by atoms with Crippen LogP contribution < -0.4 is 0 Å². The van der Waals surface area contributed by atoms with E-state index in [1.807, 2.05) is 0 Å². The molecule has 4 saturated heterocycles. The predicted octanol–water partition coefficient (Wildman–Crippen LogP) is -6.80. The number of ether oxygens (including phenoxy) is 9. The Hall–Kier alpha value is -2.80. The van der Waals surface area contributed by atoms with Gasteiger partial charge in [0.1, 0.15) is 73.2 Å². The van der Waals surface area contributed by atoms with E-state index in [-0.39, 0.29) is 14.9 Å². The largest absolute Gasteiger partial charge is 0.479 e. The van der Waals surface area contributed by atoms with E-state index in [0.717, 1.165) is 14.2 Å². The van der Waals surface area contributed by atoms with Gasteiger partial charge in [-0.15, -0.1) is 0 Å². The zero-order valence-electron chi connectivity index (χ0n) is 26.2. The molecular formula is C28H46O25. The van der Waals surface area contributed by atoms with Crippen molar-refractivity contribution >= 4 is 23.9 Å². The fraction of sp³-hybridized carbons (Fsp3) is 0.857. The van der Waals surface area contributed by atoms with Crippen molar-refractivity contribution in [1.82, 2.24) is 0 Å². The highest BCUT2D eigenvalue weighted by molar-refractivity contribution is 5.75. The summed E-state index contributed by atoms with van der Waals surface area (Å²) in [5, 5.41) is 123. The van der Waals surface area contributed by atoms with Crippen LogP contribution in [0, 0.1) is 0 Å². The fourth-order valence-electron chi connectivity index (χ4n) is 5.86. The van der Waals surface area contributed by atoms with Crippen LogP contribution in [0.5, 0.6) is 0 Å². The smallest absolute Gasteiger partial charge is 0.335 e. The molecule has 0 radical (unpaired) electrons. The van der Waals surface area contributed by atoms with E-state index in [4.69, 9.17) is 42.6 Å². The number of carboxylic acid groups (broad SMARTS) is 4. The normalized spacial score (nSPS) is 45.9. The van der Waals surface area contributed by atoms with Crippen molar-refractivity contribution in [1.29, 1.82) is 0 Å². The monoisotopic (exact) mass is 782 g/mol. The van der Waals surface area contributed by atoms with Gasteiger partial charge in [0.2, 0.25) is 0 Å². The molecule has 4 aliphatic heterocycles. The van der Waals surface area contributed by atoms with E-state index in [1.165, 1.54) is 0 Å². The van der Waals surface area contributed by atoms with E-state index < -0.39 is 147 Å². The molecule has 0 aromatic rings. The van der Waals surface area contributed by atoms with Gasteiger partial charge in [-0.25, -0.2) is 19.2 Å². The van der Waals surface area contributed by atoms with Gasteiger partial charge in [0, 0.05) is 14.2 Å². The molecular weight excluding hydrogens is 736 g/mol. The molecule has 0 aromatic heterocycles. The molecule has 25 heteroatoms. The topological polar surface area (TPSA) is 394 Å². The maximum Gasteiger partial charge on any atom is 0.335 e. The first-order chi connectivity index (χ1) is 23.9. The van der Waals surface area contributed by atoms with Crippen molar-refractivity contribution in [2.75, 3.05) is 14.2 Å². The molecule has 308 valence electrons. The molecule has 53 heavy (non-hydrogen) atoms. The second-order valence-electron chi connectivity index (χ2n) is 11.7. The van der Waals surface area contributed by atoms with Crippen LogP contribution in [-0.2, 0) is 61.8 Å². The average Bonchev–Trinajstić information content (AvgIpc) is 3.07.